The van der Waals surface area contributed by atoms with Gasteiger partial charge >= 0.3 is 0 Å². The molecule has 0 aliphatic heterocycles. The van der Waals surface area contributed by atoms with Gasteiger partial charge in [-0.25, -0.2) is 8.51 Å². The molecule has 0 aromatic heterocycles. The molecule has 0 spiro atoms. The normalized spacial score (nSPS) is 12.3. The van der Waals surface area contributed by atoms with E-state index in [1.54, 1.807) is 42.5 Å². The third-order valence-corrected chi connectivity index (χ3v) is 5.38. The van der Waals surface area contributed by atoms with Crippen LogP contribution in [0, 0.1) is 5.92 Å². The number of amides is 1. The quantitative estimate of drug-likeness (QED) is 0.454. The van der Waals surface area contributed by atoms with E-state index in [1.807, 2.05) is 4.31 Å². The van der Waals surface area contributed by atoms with Crippen molar-refractivity contribution >= 4 is 22.6 Å². The van der Waals surface area contributed by atoms with Gasteiger partial charge in [0.25, 0.3) is 5.91 Å². The number of nitrogens with two attached hydrogens (primary N) is 1. The maximum atomic E-state index is 12.9. The molecule has 1 atom stereocenters. The van der Waals surface area contributed by atoms with Crippen LogP contribution in [-0.2, 0) is 11.0 Å². The van der Waals surface area contributed by atoms with Gasteiger partial charge in [-0.2, -0.15) is 0 Å². The molecule has 146 valence electrons. The van der Waals surface area contributed by atoms with Gasteiger partial charge in [-0.1, -0.05) is 26.0 Å². The number of benzene rings is 2. The second-order valence-corrected chi connectivity index (χ2v) is 8.21. The lowest BCUT2D eigenvalue weighted by molar-refractivity contribution is 0.0950. The van der Waals surface area contributed by atoms with E-state index >= 15 is 0 Å². The molecule has 0 saturated heterocycles. The van der Waals surface area contributed by atoms with Crippen molar-refractivity contribution in [2.75, 3.05) is 25.4 Å². The highest BCUT2D eigenvalue weighted by atomic mass is 32.2. The van der Waals surface area contributed by atoms with Crippen LogP contribution in [-0.4, -0.2) is 39.2 Å². The first-order chi connectivity index (χ1) is 12.9. The largest absolute Gasteiger partial charge is 0.507 e. The van der Waals surface area contributed by atoms with Crippen LogP contribution in [0.3, 0.4) is 0 Å². The molecule has 6 nitrogen and oxygen atoms in total. The Morgan fingerprint density at radius 3 is 2.48 bits per heavy atom. The fourth-order valence-electron chi connectivity index (χ4n) is 2.60. The van der Waals surface area contributed by atoms with E-state index in [9.17, 15) is 14.1 Å². The maximum Gasteiger partial charge on any atom is 0.255 e. The number of phenolic OH excluding ortho intramolecular Hbond substituents is 1. The SMILES string of the molecule is CC(C)CN(CCCNC(=O)c1ccccc1O)S(=O)c1ccc(N)cc1. The van der Waals surface area contributed by atoms with Crippen molar-refractivity contribution in [1.29, 1.82) is 0 Å². The summed E-state index contributed by atoms with van der Waals surface area (Å²) >= 11 is 0. The molecule has 2 aromatic rings. The van der Waals surface area contributed by atoms with Gasteiger partial charge in [0, 0.05) is 25.3 Å². The van der Waals surface area contributed by atoms with Crippen LogP contribution < -0.4 is 11.1 Å². The molecule has 7 heteroatoms. The number of carbonyl (C=O) groups excluding carboxylic acids is 1. The molecule has 2 rings (SSSR count). The Hall–Kier alpha value is -2.38. The topological polar surface area (TPSA) is 95.7 Å². The molecule has 1 amide bonds. The molecular formula is C20H27N3O3S. The van der Waals surface area contributed by atoms with Gasteiger partial charge in [-0.3, -0.25) is 4.79 Å². The molecule has 2 aromatic carbocycles. The van der Waals surface area contributed by atoms with Gasteiger partial charge < -0.3 is 16.2 Å². The minimum Gasteiger partial charge on any atom is -0.507 e. The van der Waals surface area contributed by atoms with Crippen LogP contribution in [0.2, 0.25) is 0 Å². The Kier molecular flexibility index (Phi) is 7.82. The highest BCUT2D eigenvalue weighted by Crippen LogP contribution is 2.16. The average Bonchev–Trinajstić information content (AvgIpc) is 2.64. The van der Waals surface area contributed by atoms with Gasteiger partial charge in [-0.15, -0.1) is 0 Å². The smallest absolute Gasteiger partial charge is 0.255 e. The number of carbonyl (C=O) groups is 1. The van der Waals surface area contributed by atoms with Gasteiger partial charge in [-0.05, 0) is 48.7 Å². The van der Waals surface area contributed by atoms with Crippen LogP contribution in [0.1, 0.15) is 30.6 Å². The second kappa shape index (κ2) is 10.1. The molecule has 0 saturated carbocycles. The van der Waals surface area contributed by atoms with Crippen LogP contribution in [0.5, 0.6) is 5.75 Å². The molecule has 0 aliphatic carbocycles. The van der Waals surface area contributed by atoms with E-state index in [2.05, 4.69) is 19.2 Å². The Morgan fingerprint density at radius 2 is 1.85 bits per heavy atom. The first-order valence-corrected chi connectivity index (χ1v) is 10.1. The number of nitrogens with one attached hydrogen (secondary N) is 1. The van der Waals surface area contributed by atoms with Crippen LogP contribution >= 0.6 is 0 Å². The summed E-state index contributed by atoms with van der Waals surface area (Å²) in [6.07, 6.45) is 0.646. The lowest BCUT2D eigenvalue weighted by Crippen LogP contribution is -2.33. The number of aromatic hydroxyl groups is 1. The summed E-state index contributed by atoms with van der Waals surface area (Å²) in [5.41, 5.74) is 6.59. The van der Waals surface area contributed by atoms with Crippen LogP contribution in [0.25, 0.3) is 0 Å². The molecule has 0 heterocycles. The zero-order chi connectivity index (χ0) is 19.8. The molecular weight excluding hydrogens is 362 g/mol. The summed E-state index contributed by atoms with van der Waals surface area (Å²) in [6.45, 7) is 5.85. The minimum atomic E-state index is -1.28. The minimum absolute atomic E-state index is 0.0408. The lowest BCUT2D eigenvalue weighted by atomic mass is 10.2. The van der Waals surface area contributed by atoms with Crippen LogP contribution in [0.15, 0.2) is 53.4 Å². The van der Waals surface area contributed by atoms with Crippen molar-refractivity contribution in [2.24, 2.45) is 5.92 Å². The maximum absolute atomic E-state index is 12.9. The van der Waals surface area contributed by atoms with E-state index in [0.29, 0.717) is 42.6 Å². The number of hydrogen-bond acceptors (Lipinski definition) is 4. The van der Waals surface area contributed by atoms with Crippen molar-refractivity contribution in [1.82, 2.24) is 9.62 Å². The predicted octanol–water partition coefficient (Wildman–Crippen LogP) is 2.78. The van der Waals surface area contributed by atoms with Gasteiger partial charge in [0.2, 0.25) is 0 Å². The Bertz CT molecular complexity index is 778. The second-order valence-electron chi connectivity index (χ2n) is 6.73. The van der Waals surface area contributed by atoms with Gasteiger partial charge in [0.1, 0.15) is 16.7 Å². The fraction of sp³-hybridized carbons (Fsp3) is 0.350. The summed E-state index contributed by atoms with van der Waals surface area (Å²) in [5, 5.41) is 12.5. The third kappa shape index (κ3) is 6.37. The van der Waals surface area contributed by atoms with Crippen molar-refractivity contribution in [3.8, 4) is 5.75 Å². The van der Waals surface area contributed by atoms with E-state index in [1.165, 1.54) is 6.07 Å². The van der Waals surface area contributed by atoms with Crippen molar-refractivity contribution in [3.05, 3.63) is 54.1 Å². The monoisotopic (exact) mass is 389 g/mol. The third-order valence-electron chi connectivity index (χ3n) is 3.90. The van der Waals surface area contributed by atoms with Crippen molar-refractivity contribution < 1.29 is 14.1 Å². The van der Waals surface area contributed by atoms with E-state index in [4.69, 9.17) is 5.73 Å². The van der Waals surface area contributed by atoms with E-state index in [-0.39, 0.29) is 17.2 Å². The summed E-state index contributed by atoms with van der Waals surface area (Å²) in [4.78, 5) is 12.8. The molecule has 1 unspecified atom stereocenters. The highest BCUT2D eigenvalue weighted by molar-refractivity contribution is 7.82. The average molecular weight is 390 g/mol. The Balaban J connectivity index is 1.90. The molecule has 0 fully saturated rings. The van der Waals surface area contributed by atoms with Crippen molar-refractivity contribution in [3.63, 3.8) is 0 Å². The van der Waals surface area contributed by atoms with E-state index < -0.39 is 11.0 Å². The number of nitrogens with zero attached hydrogens (tertiary/aromatic N) is 1. The van der Waals surface area contributed by atoms with E-state index in [0.717, 1.165) is 0 Å². The first-order valence-electron chi connectivity index (χ1n) is 8.97. The number of phenols is 1. The molecule has 4 N–H and O–H groups in total. The molecule has 0 radical (unpaired) electrons. The summed E-state index contributed by atoms with van der Waals surface area (Å²) in [5.74, 6) is 0.00245. The Labute approximate surface area is 163 Å². The molecule has 0 aliphatic rings. The lowest BCUT2D eigenvalue weighted by Gasteiger charge is -2.23. The zero-order valence-corrected chi connectivity index (χ0v) is 16.5. The molecule has 0 bridgehead atoms. The highest BCUT2D eigenvalue weighted by Gasteiger charge is 2.17. The van der Waals surface area contributed by atoms with Gasteiger partial charge in [0.05, 0.1) is 10.5 Å². The number of para-hydroxylation sites is 1. The van der Waals surface area contributed by atoms with Crippen molar-refractivity contribution in [2.45, 2.75) is 25.2 Å². The predicted molar refractivity (Wildman–Crippen MR) is 109 cm³/mol. The fourth-order valence-corrected chi connectivity index (χ4v) is 4.00. The number of nitrogen functional groups attached to an aromatic ring is 1. The molecule has 27 heavy (non-hydrogen) atoms. The number of anilines is 1. The summed E-state index contributed by atoms with van der Waals surface area (Å²) < 4.78 is 14.8. The number of rotatable bonds is 9. The van der Waals surface area contributed by atoms with Crippen LogP contribution in [0.4, 0.5) is 5.69 Å². The number of hydrogen-bond donors (Lipinski definition) is 3. The summed E-state index contributed by atoms with van der Waals surface area (Å²) in [6, 6.07) is 13.5. The standard InChI is InChI=1S/C20H27N3O3S/c1-15(2)14-23(27(26)17-10-8-16(21)9-11-17)13-5-12-22-20(25)18-6-3-4-7-19(18)24/h3-4,6-11,15,24H,5,12-14,21H2,1-2H3,(H,22,25). The zero-order valence-electron chi connectivity index (χ0n) is 15.7. The first kappa shape index (κ1) is 20.9. The Morgan fingerprint density at radius 1 is 1.19 bits per heavy atom. The summed E-state index contributed by atoms with van der Waals surface area (Å²) in [7, 11) is -1.28. The van der Waals surface area contributed by atoms with Gasteiger partial charge in [0.15, 0.2) is 0 Å².